The maximum absolute atomic E-state index is 14.4. The van der Waals surface area contributed by atoms with Crippen LogP contribution in [-0.4, -0.2) is 58.9 Å². The first kappa shape index (κ1) is 29.7. The van der Waals surface area contributed by atoms with E-state index in [-0.39, 0.29) is 41.9 Å². The van der Waals surface area contributed by atoms with Crippen LogP contribution in [0.4, 0.5) is 8.78 Å². The highest BCUT2D eigenvalue weighted by molar-refractivity contribution is 5.92. The lowest BCUT2D eigenvalue weighted by Gasteiger charge is -2.41. The van der Waals surface area contributed by atoms with Gasteiger partial charge in [-0.2, -0.15) is 0 Å². The number of rotatable bonds is 8. The Morgan fingerprint density at radius 1 is 1.14 bits per heavy atom. The van der Waals surface area contributed by atoms with Gasteiger partial charge in [0, 0.05) is 36.6 Å². The Morgan fingerprint density at radius 3 is 2.52 bits per heavy atom. The maximum atomic E-state index is 14.4. The zero-order chi connectivity index (χ0) is 30.2. The molecule has 4 N–H and O–H groups in total. The van der Waals surface area contributed by atoms with Crippen LogP contribution in [0.25, 0.3) is 10.9 Å². The molecule has 0 saturated carbocycles. The lowest BCUT2D eigenvalue weighted by molar-refractivity contribution is -0.143. The number of carbonyl (C=O) groups is 3. The molecule has 1 aromatic heterocycles. The summed E-state index contributed by atoms with van der Waals surface area (Å²) in [6.07, 6.45) is 3.97. The molecule has 1 spiro atoms. The number of nitrogens with zero attached hydrogens (tertiary/aromatic N) is 1. The number of hydrogen-bond donors (Lipinski definition) is 3. The van der Waals surface area contributed by atoms with E-state index in [1.165, 1.54) is 18.2 Å². The number of piperidine rings is 1. The first-order valence-corrected chi connectivity index (χ1v) is 14.5. The molecule has 2 unspecified atom stereocenters. The van der Waals surface area contributed by atoms with E-state index in [1.54, 1.807) is 50.1 Å². The van der Waals surface area contributed by atoms with Gasteiger partial charge in [0.25, 0.3) is 0 Å². The molecule has 1 fully saturated rings. The Morgan fingerprint density at radius 2 is 1.83 bits per heavy atom. The number of ether oxygens (including phenoxy) is 1. The first-order valence-electron chi connectivity index (χ1n) is 14.5. The Labute approximate surface area is 244 Å². The van der Waals surface area contributed by atoms with Crippen LogP contribution in [0.1, 0.15) is 69.1 Å². The number of carbonyl (C=O) groups excluding carboxylic acids is 3. The van der Waals surface area contributed by atoms with E-state index >= 15 is 0 Å². The van der Waals surface area contributed by atoms with Crippen molar-refractivity contribution in [2.24, 2.45) is 5.73 Å². The minimum Gasteiger partial charge on any atom is -0.466 e. The number of fused-ring (bicyclic) bond motifs is 3. The summed E-state index contributed by atoms with van der Waals surface area (Å²) in [6.45, 7) is 6.02. The summed E-state index contributed by atoms with van der Waals surface area (Å²) in [5.41, 5.74) is 7.76. The van der Waals surface area contributed by atoms with Crippen LogP contribution in [-0.2, 0) is 31.0 Å². The molecule has 1 saturated heterocycles. The summed E-state index contributed by atoms with van der Waals surface area (Å²) >= 11 is 0. The van der Waals surface area contributed by atoms with Gasteiger partial charge in [-0.1, -0.05) is 6.07 Å². The van der Waals surface area contributed by atoms with Crippen molar-refractivity contribution in [3.63, 3.8) is 0 Å². The molecule has 0 radical (unpaired) electrons. The molecule has 1 aliphatic heterocycles. The van der Waals surface area contributed by atoms with E-state index in [2.05, 4.69) is 10.3 Å². The Hall–Kier alpha value is -3.79. The van der Waals surface area contributed by atoms with Crippen LogP contribution in [0.5, 0.6) is 0 Å². The molecule has 8 nitrogen and oxygen atoms in total. The van der Waals surface area contributed by atoms with Crippen molar-refractivity contribution in [2.75, 3.05) is 19.7 Å². The number of nitrogens with two attached hydrogens (primary N) is 1. The van der Waals surface area contributed by atoms with E-state index in [4.69, 9.17) is 10.5 Å². The quantitative estimate of drug-likeness (QED) is 0.345. The number of aromatic amines is 1. The van der Waals surface area contributed by atoms with Crippen molar-refractivity contribution < 1.29 is 27.9 Å². The van der Waals surface area contributed by atoms with Crippen molar-refractivity contribution >= 4 is 28.7 Å². The zero-order valence-electron chi connectivity index (χ0n) is 24.3. The summed E-state index contributed by atoms with van der Waals surface area (Å²) in [5.74, 6) is -1.81. The number of amides is 2. The highest BCUT2D eigenvalue weighted by atomic mass is 19.1. The molecule has 10 heteroatoms. The van der Waals surface area contributed by atoms with Gasteiger partial charge in [-0.15, -0.1) is 0 Å². The average Bonchev–Trinajstić information content (AvgIpc) is 3.45. The average molecular weight is 581 g/mol. The SMILES string of the molecule is CCOC(=O)CC1CC2(CCN(C(=O)C(Cc3c[nH]c4ccc(F)cc34)NC(=O)C(C)(C)N)CC2)c2cc(F)ccc21. The van der Waals surface area contributed by atoms with E-state index in [1.807, 2.05) is 0 Å². The van der Waals surface area contributed by atoms with Crippen LogP contribution in [0.3, 0.4) is 0 Å². The van der Waals surface area contributed by atoms with Crippen LogP contribution >= 0.6 is 0 Å². The van der Waals surface area contributed by atoms with E-state index in [0.29, 0.717) is 49.9 Å². The summed E-state index contributed by atoms with van der Waals surface area (Å²) in [4.78, 5) is 44.0. The van der Waals surface area contributed by atoms with E-state index < -0.39 is 23.3 Å². The van der Waals surface area contributed by atoms with Crippen molar-refractivity contribution in [3.05, 3.63) is 70.9 Å². The molecule has 1 aliphatic carbocycles. The van der Waals surface area contributed by atoms with Crippen molar-refractivity contribution in [3.8, 4) is 0 Å². The molecular weight excluding hydrogens is 542 g/mol. The number of nitrogens with one attached hydrogen (secondary N) is 2. The lowest BCUT2D eigenvalue weighted by atomic mass is 9.73. The highest BCUT2D eigenvalue weighted by Crippen LogP contribution is 2.53. The molecule has 3 aromatic rings. The topological polar surface area (TPSA) is 118 Å². The van der Waals surface area contributed by atoms with Crippen LogP contribution in [0, 0.1) is 11.6 Å². The fourth-order valence-electron chi connectivity index (χ4n) is 6.57. The second kappa shape index (κ2) is 11.5. The number of hydrogen-bond acceptors (Lipinski definition) is 5. The third-order valence-electron chi connectivity index (χ3n) is 8.76. The van der Waals surface area contributed by atoms with Crippen LogP contribution < -0.4 is 11.1 Å². The van der Waals surface area contributed by atoms with Gasteiger partial charge in [-0.3, -0.25) is 14.4 Å². The summed E-state index contributed by atoms with van der Waals surface area (Å²) in [6, 6.07) is 8.25. The van der Waals surface area contributed by atoms with Gasteiger partial charge >= 0.3 is 5.97 Å². The molecule has 42 heavy (non-hydrogen) atoms. The summed E-state index contributed by atoms with van der Waals surface area (Å²) < 4.78 is 33.6. The molecule has 5 rings (SSSR count). The Bertz CT molecular complexity index is 1500. The van der Waals surface area contributed by atoms with E-state index in [9.17, 15) is 23.2 Å². The molecular formula is C32H38F2N4O4. The van der Waals surface area contributed by atoms with Gasteiger partial charge in [0.2, 0.25) is 11.8 Å². The number of benzene rings is 2. The predicted molar refractivity (Wildman–Crippen MR) is 155 cm³/mol. The van der Waals surface area contributed by atoms with Gasteiger partial charge in [-0.05, 0) is 98.4 Å². The number of H-pyrrole nitrogens is 1. The Balaban J connectivity index is 1.36. The monoisotopic (exact) mass is 580 g/mol. The third-order valence-corrected chi connectivity index (χ3v) is 8.76. The highest BCUT2D eigenvalue weighted by Gasteiger charge is 2.47. The normalized spacial score (nSPS) is 18.6. The minimum absolute atomic E-state index is 0.0806. The minimum atomic E-state index is -1.21. The van der Waals surface area contributed by atoms with Gasteiger partial charge in [0.15, 0.2) is 0 Å². The summed E-state index contributed by atoms with van der Waals surface area (Å²) in [7, 11) is 0. The number of esters is 1. The first-order chi connectivity index (χ1) is 19.9. The third kappa shape index (κ3) is 5.90. The molecule has 224 valence electrons. The maximum Gasteiger partial charge on any atom is 0.306 e. The predicted octanol–water partition coefficient (Wildman–Crippen LogP) is 4.21. The number of aromatic nitrogens is 1. The smallest absolute Gasteiger partial charge is 0.306 e. The number of likely N-dealkylation sites (tertiary alicyclic amines) is 1. The van der Waals surface area contributed by atoms with Gasteiger partial charge in [-0.25, -0.2) is 8.78 Å². The standard InChI is InChI=1S/C32H38F2N4O4/c1-4-42-28(39)14-19-17-32(25-16-22(34)5-7-23(19)25)9-11-38(12-10-32)29(40)27(37-30(41)31(2,3)35)13-20-18-36-26-8-6-21(33)15-24(20)26/h5-8,15-16,18-19,27,36H,4,9-14,17,35H2,1-3H3,(H,37,41). The summed E-state index contributed by atoms with van der Waals surface area (Å²) in [5, 5.41) is 3.48. The Kier molecular flexibility index (Phi) is 8.11. The fourth-order valence-corrected chi connectivity index (χ4v) is 6.57. The largest absolute Gasteiger partial charge is 0.466 e. The lowest BCUT2D eigenvalue weighted by Crippen LogP contribution is -2.58. The molecule has 2 aromatic carbocycles. The van der Waals surface area contributed by atoms with Crippen molar-refractivity contribution in [2.45, 2.75) is 75.8 Å². The molecule has 2 amide bonds. The van der Waals surface area contributed by atoms with Gasteiger partial charge < -0.3 is 25.7 Å². The fraction of sp³-hybridized carbons (Fsp3) is 0.469. The van der Waals surface area contributed by atoms with Crippen LogP contribution in [0.2, 0.25) is 0 Å². The zero-order valence-corrected chi connectivity index (χ0v) is 24.3. The van der Waals surface area contributed by atoms with E-state index in [0.717, 1.165) is 16.6 Å². The van der Waals surface area contributed by atoms with Gasteiger partial charge in [0.1, 0.15) is 17.7 Å². The molecule has 0 bridgehead atoms. The molecule has 2 aliphatic rings. The van der Waals surface area contributed by atoms with Crippen LogP contribution in [0.15, 0.2) is 42.6 Å². The number of halogens is 2. The van der Waals surface area contributed by atoms with Gasteiger partial charge in [0.05, 0.1) is 18.6 Å². The van der Waals surface area contributed by atoms with Crippen molar-refractivity contribution in [1.82, 2.24) is 15.2 Å². The second-order valence-corrected chi connectivity index (χ2v) is 12.2. The van der Waals surface area contributed by atoms with Crippen molar-refractivity contribution in [1.29, 1.82) is 0 Å². The second-order valence-electron chi connectivity index (χ2n) is 12.2. The molecule has 2 atom stereocenters. The molecule has 2 heterocycles.